The van der Waals surface area contributed by atoms with Gasteiger partial charge in [-0.1, -0.05) is 44.2 Å². The van der Waals surface area contributed by atoms with Crippen molar-refractivity contribution in [1.82, 2.24) is 19.9 Å². The lowest BCUT2D eigenvalue weighted by Crippen LogP contribution is -2.31. The Bertz CT molecular complexity index is 2020. The van der Waals surface area contributed by atoms with E-state index in [-0.39, 0.29) is 11.4 Å². The number of aromatic nitrogens is 4. The van der Waals surface area contributed by atoms with Crippen molar-refractivity contribution in [3.63, 3.8) is 0 Å². The van der Waals surface area contributed by atoms with E-state index in [4.69, 9.17) is 25.3 Å². The first kappa shape index (κ1) is 34.2. The molecule has 0 spiro atoms. The van der Waals surface area contributed by atoms with Gasteiger partial charge in [0.1, 0.15) is 34.3 Å². The normalized spacial score (nSPS) is 13.3. The summed E-state index contributed by atoms with van der Waals surface area (Å²) < 4.78 is 10.9. The van der Waals surface area contributed by atoms with Gasteiger partial charge in [-0.05, 0) is 101 Å². The van der Waals surface area contributed by atoms with Crippen LogP contribution in [0.3, 0.4) is 0 Å². The average Bonchev–Trinajstić information content (AvgIpc) is 3.67. The van der Waals surface area contributed by atoms with E-state index in [1.807, 2.05) is 38.1 Å². The average molecular weight is 649 g/mol. The van der Waals surface area contributed by atoms with Gasteiger partial charge in [-0.25, -0.2) is 19.6 Å². The summed E-state index contributed by atoms with van der Waals surface area (Å²) in [6, 6.07) is 18.5. The van der Waals surface area contributed by atoms with Crippen LogP contribution in [0, 0.1) is 10.8 Å². The van der Waals surface area contributed by atoms with Crippen LogP contribution in [-0.2, 0) is 19.1 Å². The first-order valence-electron chi connectivity index (χ1n) is 16.3. The molecule has 250 valence electrons. The standard InChI is InChI=1S/C38H44N6O4/c1-9-26(31(39)35(45)47-37(3,4)5)33-41-20-30(44-33)24-14-12-21-11-13-22(17-25(21)18-24)23-15-16-28-29(19-23)43-34(42-28)27(10-2)32(40)36(46)48-38(6,7)8/h11-20,26-27,39-40H,9-10H2,1-8H3,(H,41,44)(H,42,43)/t26-,27-/m0/s1. The van der Waals surface area contributed by atoms with Crippen LogP contribution in [0.5, 0.6) is 0 Å². The van der Waals surface area contributed by atoms with Crippen LogP contribution in [0.25, 0.3) is 44.2 Å². The van der Waals surface area contributed by atoms with Crippen LogP contribution in [0.2, 0.25) is 0 Å². The fourth-order valence-corrected chi connectivity index (χ4v) is 5.65. The lowest BCUT2D eigenvalue weighted by Gasteiger charge is -2.21. The molecule has 4 N–H and O–H groups in total. The van der Waals surface area contributed by atoms with Crippen LogP contribution in [-0.4, -0.2) is 54.5 Å². The maximum Gasteiger partial charge on any atom is 0.353 e. The summed E-state index contributed by atoms with van der Waals surface area (Å²) in [5.74, 6) is -1.17. The predicted molar refractivity (Wildman–Crippen MR) is 190 cm³/mol. The van der Waals surface area contributed by atoms with Gasteiger partial charge >= 0.3 is 11.9 Å². The highest BCUT2D eigenvalue weighted by molar-refractivity contribution is 6.37. The highest BCUT2D eigenvalue weighted by Gasteiger charge is 2.30. The van der Waals surface area contributed by atoms with Crippen molar-refractivity contribution in [2.24, 2.45) is 0 Å². The number of aromatic amines is 2. The second kappa shape index (κ2) is 13.2. The first-order chi connectivity index (χ1) is 22.6. The zero-order chi connectivity index (χ0) is 35.0. The van der Waals surface area contributed by atoms with Gasteiger partial charge in [0.25, 0.3) is 0 Å². The Hall–Kier alpha value is -5.12. The van der Waals surface area contributed by atoms with Gasteiger partial charge in [-0.3, -0.25) is 10.8 Å². The number of hydrogen-bond acceptors (Lipinski definition) is 8. The molecule has 0 aliphatic carbocycles. The van der Waals surface area contributed by atoms with Gasteiger partial charge in [0, 0.05) is 5.56 Å². The van der Waals surface area contributed by atoms with E-state index in [0.717, 1.165) is 44.2 Å². The minimum absolute atomic E-state index is 0.118. The summed E-state index contributed by atoms with van der Waals surface area (Å²) in [5, 5.41) is 19.1. The van der Waals surface area contributed by atoms with Gasteiger partial charge in [0.2, 0.25) is 0 Å². The number of carbonyl (C=O) groups is 2. The smallest absolute Gasteiger partial charge is 0.353 e. The number of H-pyrrole nitrogens is 2. The number of esters is 2. The largest absolute Gasteiger partial charge is 0.455 e. The van der Waals surface area contributed by atoms with Gasteiger partial charge in [0.15, 0.2) is 0 Å². The Morgan fingerprint density at radius 2 is 1.23 bits per heavy atom. The highest BCUT2D eigenvalue weighted by Crippen LogP contribution is 2.32. The fourth-order valence-electron chi connectivity index (χ4n) is 5.65. The molecule has 48 heavy (non-hydrogen) atoms. The van der Waals surface area contributed by atoms with E-state index in [1.54, 1.807) is 47.7 Å². The maximum absolute atomic E-state index is 12.6. The van der Waals surface area contributed by atoms with Crippen LogP contribution in [0.1, 0.15) is 91.7 Å². The van der Waals surface area contributed by atoms with Crippen LogP contribution in [0.4, 0.5) is 0 Å². The van der Waals surface area contributed by atoms with Crippen molar-refractivity contribution in [3.8, 4) is 22.4 Å². The SMILES string of the molecule is CC[C@@H](C(=N)C(=O)OC(C)(C)C)c1ncc(-c2ccc3ccc(-c4ccc5nc([C@@H](CC)C(=N)C(=O)OC(C)(C)C)[nH]c5c4)cc3c2)[nH]1. The molecular weight excluding hydrogens is 604 g/mol. The fraction of sp³-hybridized carbons (Fsp3) is 0.368. The minimum Gasteiger partial charge on any atom is -0.455 e. The number of nitrogens with one attached hydrogen (secondary N) is 4. The van der Waals surface area contributed by atoms with Gasteiger partial charge in [-0.15, -0.1) is 0 Å². The molecule has 3 aromatic carbocycles. The number of carbonyl (C=O) groups excluding carboxylic acids is 2. The van der Waals surface area contributed by atoms with E-state index in [1.165, 1.54) is 0 Å². The molecule has 0 radical (unpaired) electrons. The van der Waals surface area contributed by atoms with E-state index < -0.39 is 35.0 Å². The number of fused-ring (bicyclic) bond motifs is 2. The molecule has 5 rings (SSSR count). The summed E-state index contributed by atoms with van der Waals surface area (Å²) in [4.78, 5) is 41.2. The highest BCUT2D eigenvalue weighted by atomic mass is 16.6. The number of hydrogen-bond donors (Lipinski definition) is 4. The second-order valence-corrected chi connectivity index (χ2v) is 14.1. The molecule has 0 amide bonds. The topological polar surface area (TPSA) is 158 Å². The van der Waals surface area contributed by atoms with Crippen molar-refractivity contribution >= 4 is 45.2 Å². The van der Waals surface area contributed by atoms with Crippen LogP contribution in [0.15, 0.2) is 60.8 Å². The van der Waals surface area contributed by atoms with E-state index in [2.05, 4.69) is 45.3 Å². The van der Waals surface area contributed by atoms with Crippen LogP contribution >= 0.6 is 0 Å². The summed E-state index contributed by atoms with van der Waals surface area (Å²) in [6.45, 7) is 14.6. The zero-order valence-corrected chi connectivity index (χ0v) is 28.9. The maximum atomic E-state index is 12.6. The van der Waals surface area contributed by atoms with E-state index in [9.17, 15) is 9.59 Å². The summed E-state index contributed by atoms with van der Waals surface area (Å²) in [6.07, 6.45) is 2.79. The van der Waals surface area contributed by atoms with Crippen LogP contribution < -0.4 is 0 Å². The van der Waals surface area contributed by atoms with Crippen molar-refractivity contribution in [3.05, 3.63) is 72.4 Å². The molecule has 0 saturated heterocycles. The lowest BCUT2D eigenvalue weighted by molar-refractivity contribution is -0.147. The van der Waals surface area contributed by atoms with E-state index in [0.29, 0.717) is 24.5 Å². The Morgan fingerprint density at radius 3 is 1.81 bits per heavy atom. The molecular formula is C38H44N6O4. The molecule has 0 unspecified atom stereocenters. The molecule has 5 aromatic rings. The number of imidazole rings is 2. The van der Waals surface area contributed by atoms with Crippen molar-refractivity contribution in [1.29, 1.82) is 10.8 Å². The Labute approximate surface area is 280 Å². The Morgan fingerprint density at radius 1 is 0.708 bits per heavy atom. The van der Waals surface area contributed by atoms with Gasteiger partial charge in [-0.2, -0.15) is 0 Å². The quantitative estimate of drug-likeness (QED) is 0.0878. The molecule has 0 bridgehead atoms. The summed E-state index contributed by atoms with van der Waals surface area (Å²) >= 11 is 0. The minimum atomic E-state index is -0.682. The molecule has 10 nitrogen and oxygen atoms in total. The Kier molecular flexibility index (Phi) is 9.39. The molecule has 0 aliphatic heterocycles. The predicted octanol–water partition coefficient (Wildman–Crippen LogP) is 8.48. The molecule has 0 saturated carbocycles. The molecule has 2 atom stereocenters. The van der Waals surface area contributed by atoms with E-state index >= 15 is 0 Å². The summed E-state index contributed by atoms with van der Waals surface area (Å²) in [7, 11) is 0. The third-order valence-corrected chi connectivity index (χ3v) is 7.99. The molecule has 0 fully saturated rings. The zero-order valence-electron chi connectivity index (χ0n) is 28.9. The lowest BCUT2D eigenvalue weighted by atomic mass is 9.98. The third-order valence-electron chi connectivity index (χ3n) is 7.99. The number of rotatable bonds is 10. The molecule has 2 aromatic heterocycles. The molecule has 0 aliphatic rings. The monoisotopic (exact) mass is 648 g/mol. The van der Waals surface area contributed by atoms with Crippen molar-refractivity contribution in [2.75, 3.05) is 0 Å². The number of benzene rings is 3. The number of nitrogens with zero attached hydrogens (tertiary/aromatic N) is 2. The van der Waals surface area contributed by atoms with Crippen molar-refractivity contribution < 1.29 is 19.1 Å². The molecule has 2 heterocycles. The third kappa shape index (κ3) is 7.54. The van der Waals surface area contributed by atoms with Gasteiger partial charge in [0.05, 0.1) is 34.8 Å². The first-order valence-corrected chi connectivity index (χ1v) is 16.3. The second-order valence-electron chi connectivity index (χ2n) is 14.1. The van der Waals surface area contributed by atoms with Crippen molar-refractivity contribution in [2.45, 2.75) is 91.3 Å². The van der Waals surface area contributed by atoms with Gasteiger partial charge < -0.3 is 19.4 Å². The summed E-state index contributed by atoms with van der Waals surface area (Å²) in [5.41, 5.74) is 3.72. The Balaban J connectivity index is 1.40. The molecule has 10 heteroatoms. The number of ether oxygens (including phenoxy) is 2.